The normalized spacial score (nSPS) is 19.1. The van der Waals surface area contributed by atoms with Crippen LogP contribution >= 0.6 is 12.6 Å². The zero-order chi connectivity index (χ0) is 19.0. The van der Waals surface area contributed by atoms with Gasteiger partial charge in [-0.15, -0.1) is 0 Å². The van der Waals surface area contributed by atoms with Crippen LogP contribution in [-0.2, 0) is 19.2 Å². The summed E-state index contributed by atoms with van der Waals surface area (Å²) >= 11 is 3.84. The lowest BCUT2D eigenvalue weighted by molar-refractivity contribution is -0.141. The number of nitrogens with one attached hydrogen (secondary N) is 4. The highest BCUT2D eigenvalue weighted by Crippen LogP contribution is 2.07. The number of amides is 3. The molecule has 0 radical (unpaired) electrons. The maximum Gasteiger partial charge on any atom is 0.327 e. The van der Waals surface area contributed by atoms with Crippen molar-refractivity contribution < 1.29 is 24.3 Å². The lowest BCUT2D eigenvalue weighted by atomic mass is 10.0. The first-order valence-corrected chi connectivity index (χ1v) is 8.84. The molecule has 0 aromatic carbocycles. The van der Waals surface area contributed by atoms with Crippen LogP contribution < -0.4 is 21.3 Å². The summed E-state index contributed by atoms with van der Waals surface area (Å²) in [6, 6.07) is -2.20. The van der Waals surface area contributed by atoms with E-state index in [2.05, 4.69) is 33.9 Å². The first kappa shape index (κ1) is 21.2. The zero-order valence-corrected chi connectivity index (χ0v) is 15.3. The van der Waals surface area contributed by atoms with E-state index >= 15 is 0 Å². The standard InChI is InChI=1S/C15H26N4O5S/c1-8(2)12(19-13(21)9-4-3-5-16-9)14(22)17-6-11(20)18-10(7-25)15(23)24/h8-10,12,16,25H,3-7H2,1-2H3,(H,17,22)(H,18,20)(H,19,21)(H,23,24). The molecule has 3 amide bonds. The van der Waals surface area contributed by atoms with Crippen LogP contribution in [0.2, 0.25) is 0 Å². The number of rotatable bonds is 9. The van der Waals surface area contributed by atoms with Crippen LogP contribution in [0.4, 0.5) is 0 Å². The minimum Gasteiger partial charge on any atom is -0.480 e. The first-order valence-electron chi connectivity index (χ1n) is 8.20. The third kappa shape index (κ3) is 6.91. The molecule has 1 aliphatic rings. The maximum atomic E-state index is 12.3. The summed E-state index contributed by atoms with van der Waals surface area (Å²) in [7, 11) is 0. The second kappa shape index (κ2) is 10.2. The van der Waals surface area contributed by atoms with Gasteiger partial charge in [-0.2, -0.15) is 12.6 Å². The lowest BCUT2D eigenvalue weighted by Crippen LogP contribution is -2.55. The molecule has 0 aliphatic carbocycles. The number of carbonyl (C=O) groups excluding carboxylic acids is 3. The summed E-state index contributed by atoms with van der Waals surface area (Å²) in [5.41, 5.74) is 0. The van der Waals surface area contributed by atoms with Gasteiger partial charge in [0.05, 0.1) is 12.6 Å². The van der Waals surface area contributed by atoms with Crippen LogP contribution in [0, 0.1) is 5.92 Å². The SMILES string of the molecule is CC(C)C(NC(=O)C1CCCN1)C(=O)NCC(=O)NC(CS)C(=O)O. The number of hydrogen-bond acceptors (Lipinski definition) is 6. The van der Waals surface area contributed by atoms with Gasteiger partial charge in [0.2, 0.25) is 17.7 Å². The molecule has 10 heteroatoms. The maximum absolute atomic E-state index is 12.3. The summed E-state index contributed by atoms with van der Waals surface area (Å²) in [5, 5.41) is 19.3. The van der Waals surface area contributed by atoms with Crippen LogP contribution in [0.1, 0.15) is 26.7 Å². The quantitative estimate of drug-likeness (QED) is 0.272. The van der Waals surface area contributed by atoms with E-state index in [0.717, 1.165) is 19.4 Å². The highest BCUT2D eigenvalue weighted by Gasteiger charge is 2.29. The van der Waals surface area contributed by atoms with Crippen molar-refractivity contribution >= 4 is 36.3 Å². The summed E-state index contributed by atoms with van der Waals surface area (Å²) in [6.07, 6.45) is 1.63. The van der Waals surface area contributed by atoms with Gasteiger partial charge in [-0.05, 0) is 25.3 Å². The molecule has 0 aromatic rings. The van der Waals surface area contributed by atoms with Crippen molar-refractivity contribution in [1.82, 2.24) is 21.3 Å². The minimum absolute atomic E-state index is 0.0614. The monoisotopic (exact) mass is 374 g/mol. The molecule has 0 spiro atoms. The Labute approximate surface area is 152 Å². The van der Waals surface area contributed by atoms with Gasteiger partial charge in [0.1, 0.15) is 12.1 Å². The van der Waals surface area contributed by atoms with Crippen LogP contribution in [-0.4, -0.2) is 65.8 Å². The van der Waals surface area contributed by atoms with Crippen molar-refractivity contribution in [3.63, 3.8) is 0 Å². The van der Waals surface area contributed by atoms with Gasteiger partial charge >= 0.3 is 5.97 Å². The Morgan fingerprint density at radius 3 is 2.40 bits per heavy atom. The smallest absolute Gasteiger partial charge is 0.327 e. The van der Waals surface area contributed by atoms with Gasteiger partial charge in [-0.25, -0.2) is 4.79 Å². The van der Waals surface area contributed by atoms with Crippen molar-refractivity contribution in [3.8, 4) is 0 Å². The molecule has 0 bridgehead atoms. The molecule has 0 saturated carbocycles. The average molecular weight is 374 g/mol. The van der Waals surface area contributed by atoms with E-state index < -0.39 is 29.9 Å². The molecule has 1 rings (SSSR count). The fourth-order valence-corrected chi connectivity index (χ4v) is 2.65. The number of thiol groups is 1. The zero-order valence-electron chi connectivity index (χ0n) is 14.4. The van der Waals surface area contributed by atoms with Crippen LogP contribution in [0.5, 0.6) is 0 Å². The predicted molar refractivity (Wildman–Crippen MR) is 94.2 cm³/mol. The highest BCUT2D eigenvalue weighted by atomic mass is 32.1. The molecular weight excluding hydrogens is 348 g/mol. The Kier molecular flexibility index (Phi) is 8.70. The van der Waals surface area contributed by atoms with Gasteiger partial charge in [-0.1, -0.05) is 13.8 Å². The van der Waals surface area contributed by atoms with Crippen LogP contribution in [0.15, 0.2) is 0 Å². The molecule has 9 nitrogen and oxygen atoms in total. The summed E-state index contributed by atoms with van der Waals surface area (Å²) in [4.78, 5) is 47.0. The third-order valence-corrected chi connectivity index (χ3v) is 4.23. The molecule has 142 valence electrons. The summed E-state index contributed by atoms with van der Waals surface area (Å²) in [5.74, 6) is -2.80. The van der Waals surface area contributed by atoms with Crippen molar-refractivity contribution in [1.29, 1.82) is 0 Å². The lowest BCUT2D eigenvalue weighted by Gasteiger charge is -2.23. The molecule has 0 aromatic heterocycles. The number of hydrogen-bond donors (Lipinski definition) is 6. The van der Waals surface area contributed by atoms with Crippen molar-refractivity contribution in [2.24, 2.45) is 5.92 Å². The summed E-state index contributed by atoms with van der Waals surface area (Å²) in [6.45, 7) is 3.96. The predicted octanol–water partition coefficient (Wildman–Crippen LogP) is -1.51. The van der Waals surface area contributed by atoms with Gasteiger partial charge in [0.15, 0.2) is 0 Å². The Morgan fingerprint density at radius 2 is 1.92 bits per heavy atom. The van der Waals surface area contributed by atoms with Gasteiger partial charge in [-0.3, -0.25) is 14.4 Å². The van der Waals surface area contributed by atoms with Crippen LogP contribution in [0.25, 0.3) is 0 Å². The number of carboxylic acids is 1. The van der Waals surface area contributed by atoms with E-state index in [0.29, 0.717) is 0 Å². The largest absolute Gasteiger partial charge is 0.480 e. The number of aliphatic carboxylic acids is 1. The Hall–Kier alpha value is -1.81. The van der Waals surface area contributed by atoms with Gasteiger partial charge in [0, 0.05) is 5.75 Å². The molecule has 3 atom stereocenters. The number of carboxylic acid groups (broad SMARTS) is 1. The third-order valence-electron chi connectivity index (χ3n) is 3.86. The topological polar surface area (TPSA) is 137 Å². The Bertz CT molecular complexity index is 508. The van der Waals surface area contributed by atoms with E-state index in [-0.39, 0.29) is 30.2 Å². The average Bonchev–Trinajstić information content (AvgIpc) is 3.09. The van der Waals surface area contributed by atoms with Crippen molar-refractivity contribution in [3.05, 3.63) is 0 Å². The van der Waals surface area contributed by atoms with E-state index in [4.69, 9.17) is 5.11 Å². The van der Waals surface area contributed by atoms with E-state index in [1.54, 1.807) is 13.8 Å². The molecule has 1 aliphatic heterocycles. The van der Waals surface area contributed by atoms with E-state index in [9.17, 15) is 19.2 Å². The molecule has 5 N–H and O–H groups in total. The fourth-order valence-electron chi connectivity index (χ4n) is 2.41. The Balaban J connectivity index is 2.51. The van der Waals surface area contributed by atoms with E-state index in [1.165, 1.54) is 0 Å². The van der Waals surface area contributed by atoms with Crippen molar-refractivity contribution in [2.75, 3.05) is 18.8 Å². The van der Waals surface area contributed by atoms with E-state index in [1.807, 2.05) is 0 Å². The molecule has 1 heterocycles. The highest BCUT2D eigenvalue weighted by molar-refractivity contribution is 7.80. The first-order chi connectivity index (χ1) is 11.8. The van der Waals surface area contributed by atoms with Crippen molar-refractivity contribution in [2.45, 2.75) is 44.8 Å². The van der Waals surface area contributed by atoms with Gasteiger partial charge in [0.25, 0.3) is 0 Å². The fraction of sp³-hybridized carbons (Fsp3) is 0.733. The molecule has 1 fully saturated rings. The van der Waals surface area contributed by atoms with Crippen LogP contribution in [0.3, 0.4) is 0 Å². The number of carbonyl (C=O) groups is 4. The molecule has 25 heavy (non-hydrogen) atoms. The molecular formula is C15H26N4O5S. The Morgan fingerprint density at radius 1 is 1.24 bits per heavy atom. The minimum atomic E-state index is -1.20. The second-order valence-corrected chi connectivity index (χ2v) is 6.60. The summed E-state index contributed by atoms with van der Waals surface area (Å²) < 4.78 is 0. The molecule has 1 saturated heterocycles. The molecule has 3 unspecified atom stereocenters. The second-order valence-electron chi connectivity index (χ2n) is 6.24. The van der Waals surface area contributed by atoms with Gasteiger partial charge < -0.3 is 26.4 Å².